The van der Waals surface area contributed by atoms with Gasteiger partial charge in [-0.25, -0.2) is 10.8 Å². The van der Waals surface area contributed by atoms with Crippen molar-refractivity contribution in [2.45, 2.75) is 13.3 Å². The fourth-order valence-electron chi connectivity index (χ4n) is 1.56. The first-order valence-electron chi connectivity index (χ1n) is 6.53. The quantitative estimate of drug-likeness (QED) is 0.343. The SMILES string of the molecule is CCc1cc(C(=O)NCCOCCOC)cc(NN)n1. The number of carbonyl (C=O) groups is 1. The molecule has 7 nitrogen and oxygen atoms in total. The van der Waals surface area contributed by atoms with Crippen LogP contribution in [0.1, 0.15) is 23.0 Å². The summed E-state index contributed by atoms with van der Waals surface area (Å²) in [6.45, 7) is 3.92. The highest BCUT2D eigenvalue weighted by Crippen LogP contribution is 2.10. The molecule has 0 radical (unpaired) electrons. The highest BCUT2D eigenvalue weighted by atomic mass is 16.5. The van der Waals surface area contributed by atoms with Gasteiger partial charge in [0.1, 0.15) is 5.82 Å². The number of anilines is 1. The molecule has 0 aliphatic heterocycles. The number of nitrogens with two attached hydrogens (primary N) is 1. The van der Waals surface area contributed by atoms with Crippen molar-refractivity contribution in [1.29, 1.82) is 0 Å². The second-order valence-corrected chi connectivity index (χ2v) is 4.09. The zero-order chi connectivity index (χ0) is 14.8. The van der Waals surface area contributed by atoms with Crippen molar-refractivity contribution in [3.8, 4) is 0 Å². The fourth-order valence-corrected chi connectivity index (χ4v) is 1.56. The van der Waals surface area contributed by atoms with E-state index in [1.54, 1.807) is 19.2 Å². The lowest BCUT2D eigenvalue weighted by molar-refractivity contribution is 0.0692. The van der Waals surface area contributed by atoms with E-state index >= 15 is 0 Å². The summed E-state index contributed by atoms with van der Waals surface area (Å²) in [5.74, 6) is 5.64. The summed E-state index contributed by atoms with van der Waals surface area (Å²) in [5.41, 5.74) is 3.79. The topological polar surface area (TPSA) is 98.5 Å². The predicted molar refractivity (Wildman–Crippen MR) is 76.5 cm³/mol. The lowest BCUT2D eigenvalue weighted by atomic mass is 10.2. The summed E-state index contributed by atoms with van der Waals surface area (Å²) < 4.78 is 10.1. The standard InChI is InChI=1S/C13H22N4O3/c1-3-11-8-10(9-12(16-11)17-14)13(18)15-4-5-20-7-6-19-2/h8-9H,3-7,14H2,1-2H3,(H,15,18)(H,16,17). The van der Waals surface area contributed by atoms with Crippen LogP contribution < -0.4 is 16.6 Å². The number of pyridine rings is 1. The molecule has 0 aliphatic carbocycles. The Morgan fingerprint density at radius 3 is 2.80 bits per heavy atom. The highest BCUT2D eigenvalue weighted by molar-refractivity contribution is 5.94. The summed E-state index contributed by atoms with van der Waals surface area (Å²) >= 11 is 0. The Hall–Kier alpha value is -1.70. The van der Waals surface area contributed by atoms with Gasteiger partial charge in [-0.2, -0.15) is 0 Å². The van der Waals surface area contributed by atoms with Crippen molar-refractivity contribution in [1.82, 2.24) is 10.3 Å². The molecular formula is C13H22N4O3. The van der Waals surface area contributed by atoms with Crippen molar-refractivity contribution >= 4 is 11.7 Å². The summed E-state index contributed by atoms with van der Waals surface area (Å²) in [7, 11) is 1.61. The Morgan fingerprint density at radius 1 is 1.35 bits per heavy atom. The van der Waals surface area contributed by atoms with Crippen LogP contribution in [0.25, 0.3) is 0 Å². The number of nitrogens with one attached hydrogen (secondary N) is 2. The third-order valence-electron chi connectivity index (χ3n) is 2.61. The van der Waals surface area contributed by atoms with Crippen LogP contribution in [-0.2, 0) is 15.9 Å². The molecule has 0 aromatic carbocycles. The molecule has 0 saturated heterocycles. The van der Waals surface area contributed by atoms with Crippen molar-refractivity contribution in [2.24, 2.45) is 5.84 Å². The highest BCUT2D eigenvalue weighted by Gasteiger charge is 2.08. The number of aryl methyl sites for hydroxylation is 1. The van der Waals surface area contributed by atoms with Crippen LogP contribution in [0.2, 0.25) is 0 Å². The average Bonchev–Trinajstić information content (AvgIpc) is 2.49. The third kappa shape index (κ3) is 5.52. The molecule has 20 heavy (non-hydrogen) atoms. The molecule has 4 N–H and O–H groups in total. The van der Waals surface area contributed by atoms with E-state index in [0.29, 0.717) is 37.7 Å². The first kappa shape index (κ1) is 16.4. The first-order chi connectivity index (χ1) is 9.71. The molecule has 0 bridgehead atoms. The molecular weight excluding hydrogens is 260 g/mol. The lowest BCUT2D eigenvalue weighted by Crippen LogP contribution is -2.28. The van der Waals surface area contributed by atoms with Crippen molar-refractivity contribution in [3.63, 3.8) is 0 Å². The minimum absolute atomic E-state index is 0.172. The van der Waals surface area contributed by atoms with E-state index in [1.807, 2.05) is 6.92 Å². The van der Waals surface area contributed by atoms with Gasteiger partial charge in [0, 0.05) is 24.9 Å². The van der Waals surface area contributed by atoms with Crippen LogP contribution >= 0.6 is 0 Å². The van der Waals surface area contributed by atoms with Gasteiger partial charge >= 0.3 is 0 Å². The van der Waals surface area contributed by atoms with Crippen LogP contribution in [0.4, 0.5) is 5.82 Å². The maximum Gasteiger partial charge on any atom is 0.251 e. The Balaban J connectivity index is 2.46. The summed E-state index contributed by atoms with van der Waals surface area (Å²) in [5, 5.41) is 2.78. The number of hydrazine groups is 1. The average molecular weight is 282 g/mol. The maximum absolute atomic E-state index is 12.0. The van der Waals surface area contributed by atoms with E-state index in [1.165, 1.54) is 0 Å². The minimum atomic E-state index is -0.172. The molecule has 7 heteroatoms. The van der Waals surface area contributed by atoms with E-state index in [9.17, 15) is 4.79 Å². The summed E-state index contributed by atoms with van der Waals surface area (Å²) in [4.78, 5) is 16.2. The van der Waals surface area contributed by atoms with Gasteiger partial charge in [0.2, 0.25) is 0 Å². The van der Waals surface area contributed by atoms with Gasteiger partial charge in [-0.3, -0.25) is 4.79 Å². The van der Waals surface area contributed by atoms with Gasteiger partial charge in [0.15, 0.2) is 0 Å². The zero-order valence-electron chi connectivity index (χ0n) is 11.9. The van der Waals surface area contributed by atoms with Gasteiger partial charge < -0.3 is 20.2 Å². The maximum atomic E-state index is 12.0. The molecule has 0 unspecified atom stereocenters. The zero-order valence-corrected chi connectivity index (χ0v) is 11.9. The van der Waals surface area contributed by atoms with Crippen LogP contribution in [-0.4, -0.2) is 44.4 Å². The fraction of sp³-hybridized carbons (Fsp3) is 0.538. The molecule has 0 saturated carbocycles. The Kier molecular flexibility index (Phi) is 7.56. The predicted octanol–water partition coefficient (Wildman–Crippen LogP) is 0.322. The molecule has 1 aromatic heterocycles. The number of aromatic nitrogens is 1. The van der Waals surface area contributed by atoms with Gasteiger partial charge in [-0.15, -0.1) is 0 Å². The van der Waals surface area contributed by atoms with E-state index in [-0.39, 0.29) is 5.91 Å². The second kappa shape index (κ2) is 9.24. The molecule has 112 valence electrons. The molecule has 1 amide bonds. The number of nitrogen functional groups attached to an aromatic ring is 1. The Morgan fingerprint density at radius 2 is 2.15 bits per heavy atom. The van der Waals surface area contributed by atoms with Gasteiger partial charge in [0.05, 0.1) is 19.8 Å². The number of amides is 1. The second-order valence-electron chi connectivity index (χ2n) is 4.09. The molecule has 0 aliphatic rings. The molecule has 1 rings (SSSR count). The van der Waals surface area contributed by atoms with Crippen molar-refractivity contribution in [2.75, 3.05) is 38.9 Å². The van der Waals surface area contributed by atoms with Crippen LogP contribution in [0.15, 0.2) is 12.1 Å². The van der Waals surface area contributed by atoms with Crippen LogP contribution in [0, 0.1) is 0 Å². The van der Waals surface area contributed by atoms with E-state index in [0.717, 1.165) is 12.1 Å². The van der Waals surface area contributed by atoms with Crippen molar-refractivity contribution < 1.29 is 14.3 Å². The number of ether oxygens (including phenoxy) is 2. The third-order valence-corrected chi connectivity index (χ3v) is 2.61. The first-order valence-corrected chi connectivity index (χ1v) is 6.53. The summed E-state index contributed by atoms with van der Waals surface area (Å²) in [6, 6.07) is 3.36. The largest absolute Gasteiger partial charge is 0.382 e. The Labute approximate surface area is 118 Å². The molecule has 0 spiro atoms. The van der Waals surface area contributed by atoms with Crippen molar-refractivity contribution in [3.05, 3.63) is 23.4 Å². The molecule has 1 heterocycles. The van der Waals surface area contributed by atoms with Crippen LogP contribution in [0.5, 0.6) is 0 Å². The number of rotatable bonds is 9. The Bertz CT molecular complexity index is 404. The smallest absolute Gasteiger partial charge is 0.251 e. The van der Waals surface area contributed by atoms with E-state index in [2.05, 4.69) is 15.7 Å². The van der Waals surface area contributed by atoms with E-state index < -0.39 is 0 Å². The van der Waals surface area contributed by atoms with Crippen LogP contribution in [0.3, 0.4) is 0 Å². The lowest BCUT2D eigenvalue weighted by Gasteiger charge is -2.09. The monoisotopic (exact) mass is 282 g/mol. The molecule has 1 aromatic rings. The number of hydrogen-bond donors (Lipinski definition) is 3. The number of hydrogen-bond acceptors (Lipinski definition) is 6. The molecule has 0 atom stereocenters. The van der Waals surface area contributed by atoms with Gasteiger partial charge in [-0.1, -0.05) is 6.92 Å². The summed E-state index contributed by atoms with van der Waals surface area (Å²) in [6.07, 6.45) is 0.732. The van der Waals surface area contributed by atoms with Gasteiger partial charge in [-0.05, 0) is 18.6 Å². The minimum Gasteiger partial charge on any atom is -0.382 e. The number of carbonyl (C=O) groups excluding carboxylic acids is 1. The van der Waals surface area contributed by atoms with Gasteiger partial charge in [0.25, 0.3) is 5.91 Å². The molecule has 0 fully saturated rings. The van der Waals surface area contributed by atoms with E-state index in [4.69, 9.17) is 15.3 Å². The number of nitrogens with zero attached hydrogens (tertiary/aromatic N) is 1. The normalized spacial score (nSPS) is 10.3. The number of methoxy groups -OCH3 is 1.